The first-order valence-corrected chi connectivity index (χ1v) is 5.06. The highest BCUT2D eigenvalue weighted by Gasteiger charge is 2.06. The summed E-state index contributed by atoms with van der Waals surface area (Å²) in [6.07, 6.45) is 3.47. The summed E-state index contributed by atoms with van der Waals surface area (Å²) in [6, 6.07) is 0. The lowest BCUT2D eigenvalue weighted by molar-refractivity contribution is 0.809. The van der Waals surface area contributed by atoms with E-state index in [4.69, 9.17) is 0 Å². The molecule has 0 amide bonds. The summed E-state index contributed by atoms with van der Waals surface area (Å²) < 4.78 is 0. The third-order valence-corrected chi connectivity index (χ3v) is 1.91. The van der Waals surface area contributed by atoms with Crippen LogP contribution in [0.3, 0.4) is 0 Å². The Hall–Kier alpha value is -1.51. The van der Waals surface area contributed by atoms with Crippen LogP contribution in [0.5, 0.6) is 0 Å². The quantitative estimate of drug-likeness (QED) is 0.706. The number of hydrogen-bond donors (Lipinski definition) is 0. The summed E-state index contributed by atoms with van der Waals surface area (Å²) in [5.74, 6) is 1.02. The smallest absolute Gasteiger partial charge is 0.178 e. The van der Waals surface area contributed by atoms with Gasteiger partial charge >= 0.3 is 0 Å². The van der Waals surface area contributed by atoms with E-state index in [1.165, 1.54) is 0 Å². The zero-order chi connectivity index (χ0) is 11.4. The normalized spacial score (nSPS) is 10.2. The SMILES string of the molecule is C=Cc1nc(C(C)C)cnc1N=C(C)C. The molecule has 0 aliphatic carbocycles. The molecular weight excluding hydrogens is 186 g/mol. The third-order valence-electron chi connectivity index (χ3n) is 1.91. The first kappa shape index (κ1) is 11.6. The molecule has 0 saturated carbocycles. The first-order chi connectivity index (χ1) is 7.04. The van der Waals surface area contributed by atoms with E-state index in [1.54, 1.807) is 12.3 Å². The van der Waals surface area contributed by atoms with Gasteiger partial charge in [0.15, 0.2) is 5.82 Å². The van der Waals surface area contributed by atoms with Crippen molar-refractivity contribution in [1.82, 2.24) is 9.97 Å². The average Bonchev–Trinajstić information content (AvgIpc) is 2.17. The van der Waals surface area contributed by atoms with Gasteiger partial charge in [-0.2, -0.15) is 0 Å². The lowest BCUT2D eigenvalue weighted by Gasteiger charge is -2.06. The molecule has 1 aromatic rings. The van der Waals surface area contributed by atoms with Crippen LogP contribution in [0.2, 0.25) is 0 Å². The minimum absolute atomic E-state index is 0.372. The van der Waals surface area contributed by atoms with Crippen LogP contribution in [-0.4, -0.2) is 15.7 Å². The molecule has 0 bridgehead atoms. The summed E-state index contributed by atoms with van der Waals surface area (Å²) in [7, 11) is 0. The first-order valence-electron chi connectivity index (χ1n) is 5.06. The molecule has 3 nitrogen and oxygen atoms in total. The van der Waals surface area contributed by atoms with Gasteiger partial charge in [0.1, 0.15) is 5.69 Å². The van der Waals surface area contributed by atoms with E-state index in [9.17, 15) is 0 Å². The maximum Gasteiger partial charge on any atom is 0.178 e. The lowest BCUT2D eigenvalue weighted by atomic mass is 10.1. The van der Waals surface area contributed by atoms with Crippen LogP contribution in [0.1, 0.15) is 45.0 Å². The van der Waals surface area contributed by atoms with Gasteiger partial charge in [-0.1, -0.05) is 20.4 Å². The predicted octanol–water partition coefficient (Wildman–Crippen LogP) is 3.36. The van der Waals surface area contributed by atoms with E-state index in [0.29, 0.717) is 11.7 Å². The molecule has 3 heteroatoms. The lowest BCUT2D eigenvalue weighted by Crippen LogP contribution is -1.97. The van der Waals surface area contributed by atoms with Crippen molar-refractivity contribution in [3.05, 3.63) is 24.2 Å². The summed E-state index contributed by atoms with van der Waals surface area (Å²) >= 11 is 0. The number of rotatable bonds is 3. The Bertz CT molecular complexity index is 388. The molecule has 0 radical (unpaired) electrons. The van der Waals surface area contributed by atoms with Crippen molar-refractivity contribution in [3.8, 4) is 0 Å². The minimum Gasteiger partial charge on any atom is -0.248 e. The molecule has 1 heterocycles. The van der Waals surface area contributed by atoms with Crippen molar-refractivity contribution in [2.75, 3.05) is 0 Å². The fraction of sp³-hybridized carbons (Fsp3) is 0.417. The maximum absolute atomic E-state index is 4.46. The molecule has 0 aliphatic rings. The fourth-order valence-electron chi connectivity index (χ4n) is 1.12. The van der Waals surface area contributed by atoms with Crippen LogP contribution in [0, 0.1) is 0 Å². The number of nitrogens with zero attached hydrogens (tertiary/aromatic N) is 3. The number of aliphatic imine (C=N–C) groups is 1. The third kappa shape index (κ3) is 2.98. The molecule has 1 rings (SSSR count). The molecule has 0 aromatic carbocycles. The molecule has 0 saturated heterocycles. The van der Waals surface area contributed by atoms with Gasteiger partial charge in [0.2, 0.25) is 0 Å². The number of hydrogen-bond acceptors (Lipinski definition) is 3. The van der Waals surface area contributed by atoms with Gasteiger partial charge in [-0.25, -0.2) is 15.0 Å². The van der Waals surface area contributed by atoms with E-state index >= 15 is 0 Å². The monoisotopic (exact) mass is 203 g/mol. The molecule has 15 heavy (non-hydrogen) atoms. The Balaban J connectivity index is 3.21. The second-order valence-electron chi connectivity index (χ2n) is 3.92. The van der Waals surface area contributed by atoms with Crippen LogP contribution >= 0.6 is 0 Å². The molecule has 0 N–H and O–H groups in total. The Labute approximate surface area is 91.0 Å². The van der Waals surface area contributed by atoms with E-state index in [0.717, 1.165) is 17.1 Å². The zero-order valence-corrected chi connectivity index (χ0v) is 9.78. The second kappa shape index (κ2) is 4.82. The van der Waals surface area contributed by atoms with Gasteiger partial charge in [-0.05, 0) is 25.8 Å². The van der Waals surface area contributed by atoms with Gasteiger partial charge in [0, 0.05) is 5.71 Å². The van der Waals surface area contributed by atoms with Crippen LogP contribution in [-0.2, 0) is 0 Å². The van der Waals surface area contributed by atoms with Crippen LogP contribution in [0.4, 0.5) is 5.82 Å². The number of aromatic nitrogens is 2. The van der Waals surface area contributed by atoms with E-state index < -0.39 is 0 Å². The van der Waals surface area contributed by atoms with Gasteiger partial charge in [0.05, 0.1) is 11.9 Å². The largest absolute Gasteiger partial charge is 0.248 e. The van der Waals surface area contributed by atoms with Crippen molar-refractivity contribution >= 4 is 17.6 Å². The van der Waals surface area contributed by atoms with Crippen molar-refractivity contribution in [2.24, 2.45) is 4.99 Å². The summed E-state index contributed by atoms with van der Waals surface area (Å²) in [5, 5.41) is 0. The van der Waals surface area contributed by atoms with Gasteiger partial charge in [-0.15, -0.1) is 0 Å². The van der Waals surface area contributed by atoms with E-state index in [1.807, 2.05) is 13.8 Å². The Morgan fingerprint density at radius 1 is 1.47 bits per heavy atom. The van der Waals surface area contributed by atoms with Crippen LogP contribution < -0.4 is 0 Å². The molecule has 0 atom stereocenters. The molecule has 80 valence electrons. The van der Waals surface area contributed by atoms with Crippen LogP contribution in [0.25, 0.3) is 6.08 Å². The minimum atomic E-state index is 0.372. The van der Waals surface area contributed by atoms with Gasteiger partial charge in [0.25, 0.3) is 0 Å². The fourth-order valence-corrected chi connectivity index (χ4v) is 1.12. The van der Waals surface area contributed by atoms with Crippen molar-refractivity contribution in [1.29, 1.82) is 0 Å². The molecule has 1 aromatic heterocycles. The Morgan fingerprint density at radius 3 is 2.60 bits per heavy atom. The molecule has 0 spiro atoms. The highest BCUT2D eigenvalue weighted by molar-refractivity contribution is 5.82. The summed E-state index contributed by atoms with van der Waals surface area (Å²) in [4.78, 5) is 13.0. The van der Waals surface area contributed by atoms with Crippen molar-refractivity contribution in [3.63, 3.8) is 0 Å². The van der Waals surface area contributed by atoms with Crippen molar-refractivity contribution in [2.45, 2.75) is 33.6 Å². The maximum atomic E-state index is 4.46. The van der Waals surface area contributed by atoms with Crippen LogP contribution in [0.15, 0.2) is 17.8 Å². The molecular formula is C12H17N3. The average molecular weight is 203 g/mol. The molecule has 0 unspecified atom stereocenters. The van der Waals surface area contributed by atoms with E-state index in [-0.39, 0.29) is 0 Å². The predicted molar refractivity (Wildman–Crippen MR) is 64.7 cm³/mol. The second-order valence-corrected chi connectivity index (χ2v) is 3.92. The Morgan fingerprint density at radius 2 is 2.13 bits per heavy atom. The highest BCUT2D eigenvalue weighted by Crippen LogP contribution is 2.19. The van der Waals surface area contributed by atoms with E-state index in [2.05, 4.69) is 35.4 Å². The summed E-state index contributed by atoms with van der Waals surface area (Å²) in [5.41, 5.74) is 2.68. The standard InChI is InChI=1S/C12H17N3/c1-6-10-12(14-9(4)5)13-7-11(15-10)8(2)3/h6-8H,1H2,2-5H3. The van der Waals surface area contributed by atoms with Gasteiger partial charge < -0.3 is 0 Å². The van der Waals surface area contributed by atoms with Crippen molar-refractivity contribution < 1.29 is 0 Å². The topological polar surface area (TPSA) is 38.1 Å². The molecule has 0 fully saturated rings. The highest BCUT2D eigenvalue weighted by atomic mass is 15.0. The summed E-state index contributed by atoms with van der Waals surface area (Å²) in [6.45, 7) is 11.8. The zero-order valence-electron chi connectivity index (χ0n) is 9.78. The Kier molecular flexibility index (Phi) is 3.72. The van der Waals surface area contributed by atoms with Gasteiger partial charge in [-0.3, -0.25) is 0 Å². The molecule has 0 aliphatic heterocycles.